The standard InChI is InChI=1S/C24H24F5N5O4/c25-23(26)7-3-9-32(14-23)10-6-16(12-21(36)37)33(15-35)20-13-19(22-30-8-11-38-22)34(31-20)18-5-2-1-4-17(18)24(27,28)29/h1-2,4-5,8,11,13,15-16H,3,6-7,9-10,12,14H2,(H,36,37)/t16-/m0/s1. The first-order valence-electron chi connectivity index (χ1n) is 11.7. The molecule has 3 heterocycles. The number of halogens is 5. The first-order valence-corrected chi connectivity index (χ1v) is 11.7. The molecule has 0 bridgehead atoms. The summed E-state index contributed by atoms with van der Waals surface area (Å²) in [5.74, 6) is -4.35. The summed E-state index contributed by atoms with van der Waals surface area (Å²) in [5.41, 5.74) is -1.39. The number of carboxylic acids is 1. The number of aliphatic carboxylic acids is 1. The number of oxazole rings is 1. The molecule has 3 aromatic rings. The van der Waals surface area contributed by atoms with E-state index in [1.807, 2.05) is 0 Å². The molecule has 38 heavy (non-hydrogen) atoms. The van der Waals surface area contributed by atoms with Gasteiger partial charge in [0.2, 0.25) is 12.3 Å². The Labute approximate surface area is 213 Å². The van der Waals surface area contributed by atoms with E-state index in [0.717, 1.165) is 15.6 Å². The van der Waals surface area contributed by atoms with Gasteiger partial charge in [0.1, 0.15) is 12.0 Å². The van der Waals surface area contributed by atoms with Gasteiger partial charge in [0, 0.05) is 25.1 Å². The van der Waals surface area contributed by atoms with E-state index >= 15 is 0 Å². The molecule has 1 fully saturated rings. The van der Waals surface area contributed by atoms with Gasteiger partial charge in [-0.25, -0.2) is 18.4 Å². The maximum atomic E-state index is 13.8. The number of hydrogen-bond donors (Lipinski definition) is 1. The summed E-state index contributed by atoms with van der Waals surface area (Å²) < 4.78 is 75.2. The Balaban J connectivity index is 1.71. The number of aromatic nitrogens is 3. The first kappa shape index (κ1) is 27.2. The monoisotopic (exact) mass is 541 g/mol. The Hall–Kier alpha value is -3.81. The van der Waals surface area contributed by atoms with E-state index in [0.29, 0.717) is 13.0 Å². The highest BCUT2D eigenvalue weighted by Crippen LogP contribution is 2.36. The van der Waals surface area contributed by atoms with Crippen LogP contribution >= 0.6 is 0 Å². The van der Waals surface area contributed by atoms with Crippen LogP contribution in [0.4, 0.5) is 27.8 Å². The van der Waals surface area contributed by atoms with Gasteiger partial charge < -0.3 is 9.52 Å². The van der Waals surface area contributed by atoms with Crippen molar-refractivity contribution in [3.8, 4) is 17.3 Å². The molecule has 0 radical (unpaired) electrons. The number of amides is 1. The van der Waals surface area contributed by atoms with Gasteiger partial charge in [0.25, 0.3) is 5.92 Å². The van der Waals surface area contributed by atoms with Crippen LogP contribution in [0.2, 0.25) is 0 Å². The number of para-hydroxylation sites is 1. The fourth-order valence-electron chi connectivity index (χ4n) is 4.52. The van der Waals surface area contributed by atoms with E-state index in [4.69, 9.17) is 4.42 Å². The van der Waals surface area contributed by atoms with Crippen LogP contribution in [0.1, 0.15) is 31.2 Å². The van der Waals surface area contributed by atoms with Gasteiger partial charge in [0.05, 0.1) is 30.4 Å². The highest BCUT2D eigenvalue weighted by molar-refractivity contribution is 5.78. The second-order valence-corrected chi connectivity index (χ2v) is 8.94. The summed E-state index contributed by atoms with van der Waals surface area (Å²) in [4.78, 5) is 30.2. The van der Waals surface area contributed by atoms with Gasteiger partial charge in [-0.1, -0.05) is 12.1 Å². The van der Waals surface area contributed by atoms with Crippen molar-refractivity contribution >= 4 is 18.2 Å². The SMILES string of the molecule is O=CN(c1cc(-c2ncco2)n(-c2ccccc2C(F)(F)F)n1)[C@@H](CCN1CCCC(F)(F)C1)CC(=O)O. The zero-order valence-corrected chi connectivity index (χ0v) is 19.9. The van der Waals surface area contributed by atoms with E-state index in [1.54, 1.807) is 0 Å². The lowest BCUT2D eigenvalue weighted by Crippen LogP contribution is -2.45. The van der Waals surface area contributed by atoms with Crippen molar-refractivity contribution in [2.45, 2.75) is 43.8 Å². The van der Waals surface area contributed by atoms with Gasteiger partial charge in [0.15, 0.2) is 5.82 Å². The van der Waals surface area contributed by atoms with Crippen molar-refractivity contribution in [3.05, 3.63) is 48.4 Å². The Morgan fingerprint density at radius 2 is 2.05 bits per heavy atom. The molecule has 1 aliphatic heterocycles. The number of alkyl halides is 5. The van der Waals surface area contributed by atoms with Crippen molar-refractivity contribution in [3.63, 3.8) is 0 Å². The molecule has 1 aliphatic rings. The smallest absolute Gasteiger partial charge is 0.418 e. The molecule has 204 valence electrons. The van der Waals surface area contributed by atoms with Crippen LogP contribution in [0.25, 0.3) is 17.3 Å². The molecule has 1 aromatic carbocycles. The molecule has 2 aromatic heterocycles. The quantitative estimate of drug-likeness (QED) is 0.298. The van der Waals surface area contributed by atoms with Crippen LogP contribution in [-0.4, -0.2) is 68.7 Å². The molecule has 1 atom stereocenters. The minimum atomic E-state index is -4.73. The maximum absolute atomic E-state index is 13.8. The molecule has 0 spiro atoms. The molecular formula is C24H24F5N5O4. The molecule has 14 heteroatoms. The first-order chi connectivity index (χ1) is 18.0. The third kappa shape index (κ3) is 6.18. The summed E-state index contributed by atoms with van der Waals surface area (Å²) in [7, 11) is 0. The molecule has 0 saturated carbocycles. The van der Waals surface area contributed by atoms with Crippen LogP contribution in [0.3, 0.4) is 0 Å². The molecule has 0 unspecified atom stereocenters. The van der Waals surface area contributed by atoms with Crippen LogP contribution in [0.5, 0.6) is 0 Å². The number of hydrogen-bond acceptors (Lipinski definition) is 6. The Morgan fingerprint density at radius 1 is 1.29 bits per heavy atom. The molecule has 1 N–H and O–H groups in total. The third-order valence-corrected chi connectivity index (χ3v) is 6.22. The van der Waals surface area contributed by atoms with E-state index in [2.05, 4.69) is 10.1 Å². The molecule has 4 rings (SSSR count). The predicted octanol–water partition coefficient (Wildman–Crippen LogP) is 4.47. The number of benzene rings is 1. The largest absolute Gasteiger partial charge is 0.481 e. The maximum Gasteiger partial charge on any atom is 0.418 e. The Kier molecular flexibility index (Phi) is 7.81. The second kappa shape index (κ2) is 10.9. The van der Waals surface area contributed by atoms with Crippen LogP contribution in [0.15, 0.2) is 47.2 Å². The van der Waals surface area contributed by atoms with E-state index < -0.39 is 42.6 Å². The van der Waals surface area contributed by atoms with Gasteiger partial charge in [-0.2, -0.15) is 13.2 Å². The highest BCUT2D eigenvalue weighted by atomic mass is 19.4. The number of rotatable bonds is 10. The fourth-order valence-corrected chi connectivity index (χ4v) is 4.52. The lowest BCUT2D eigenvalue weighted by molar-refractivity contribution is -0.138. The van der Waals surface area contributed by atoms with Gasteiger partial charge in [-0.15, -0.1) is 5.10 Å². The van der Waals surface area contributed by atoms with Crippen molar-refractivity contribution in [2.75, 3.05) is 24.5 Å². The van der Waals surface area contributed by atoms with Crippen LogP contribution < -0.4 is 4.90 Å². The molecule has 1 saturated heterocycles. The van der Waals surface area contributed by atoms with Crippen LogP contribution in [-0.2, 0) is 15.8 Å². The average Bonchev–Trinajstić information content (AvgIpc) is 3.52. The highest BCUT2D eigenvalue weighted by Gasteiger charge is 2.37. The lowest BCUT2D eigenvalue weighted by atomic mass is 10.0. The number of piperidine rings is 1. The van der Waals surface area contributed by atoms with E-state index in [1.165, 1.54) is 41.6 Å². The molecule has 9 nitrogen and oxygen atoms in total. The number of carbonyl (C=O) groups is 2. The predicted molar refractivity (Wildman–Crippen MR) is 124 cm³/mol. The lowest BCUT2D eigenvalue weighted by Gasteiger charge is -2.34. The van der Waals surface area contributed by atoms with Crippen LogP contribution in [0, 0.1) is 0 Å². The third-order valence-electron chi connectivity index (χ3n) is 6.22. The molecule has 1 amide bonds. The van der Waals surface area contributed by atoms with Gasteiger partial charge in [-0.05, 0) is 31.5 Å². The van der Waals surface area contributed by atoms with E-state index in [-0.39, 0.29) is 48.9 Å². The number of nitrogens with zero attached hydrogens (tertiary/aromatic N) is 5. The van der Waals surface area contributed by atoms with Crippen molar-refractivity contribution in [1.29, 1.82) is 0 Å². The Bertz CT molecular complexity index is 1260. The zero-order valence-electron chi connectivity index (χ0n) is 19.9. The normalized spacial score (nSPS) is 16.8. The van der Waals surface area contributed by atoms with Crippen molar-refractivity contribution < 1.29 is 41.1 Å². The van der Waals surface area contributed by atoms with Gasteiger partial charge in [-0.3, -0.25) is 19.4 Å². The van der Waals surface area contributed by atoms with Crippen molar-refractivity contribution in [2.24, 2.45) is 0 Å². The number of anilines is 1. The molecule has 0 aliphatic carbocycles. The molecular weight excluding hydrogens is 517 g/mol. The minimum absolute atomic E-state index is 0.0153. The number of carboxylic acid groups (broad SMARTS) is 1. The minimum Gasteiger partial charge on any atom is -0.481 e. The number of carbonyl (C=O) groups excluding carboxylic acids is 1. The number of likely N-dealkylation sites (tertiary alicyclic amines) is 1. The topological polar surface area (TPSA) is 105 Å². The van der Waals surface area contributed by atoms with E-state index in [9.17, 15) is 36.6 Å². The zero-order chi connectivity index (χ0) is 27.5. The summed E-state index contributed by atoms with van der Waals surface area (Å²) in [6, 6.07) is 4.89. The summed E-state index contributed by atoms with van der Waals surface area (Å²) in [6.45, 7) is 0.000763. The average molecular weight is 541 g/mol. The summed E-state index contributed by atoms with van der Waals surface area (Å²) >= 11 is 0. The summed E-state index contributed by atoms with van der Waals surface area (Å²) in [6.07, 6.45) is -2.41. The Morgan fingerprint density at radius 3 is 2.68 bits per heavy atom. The summed E-state index contributed by atoms with van der Waals surface area (Å²) in [5, 5.41) is 13.7. The van der Waals surface area contributed by atoms with Gasteiger partial charge >= 0.3 is 12.1 Å². The van der Waals surface area contributed by atoms with Crippen molar-refractivity contribution in [1.82, 2.24) is 19.7 Å². The second-order valence-electron chi connectivity index (χ2n) is 8.94. The fraction of sp³-hybridized carbons (Fsp3) is 0.417.